The lowest BCUT2D eigenvalue weighted by Crippen LogP contribution is -2.31. The molecule has 1 aliphatic rings. The summed E-state index contributed by atoms with van der Waals surface area (Å²) in [7, 11) is 0. The van der Waals surface area contributed by atoms with Gasteiger partial charge in [-0.15, -0.1) is 0 Å². The fourth-order valence-electron chi connectivity index (χ4n) is 3.14. The van der Waals surface area contributed by atoms with Crippen molar-refractivity contribution >= 4 is 11.7 Å². The molecule has 0 aromatic heterocycles. The zero-order chi connectivity index (χ0) is 16.2. The van der Waals surface area contributed by atoms with Crippen LogP contribution in [0.3, 0.4) is 0 Å². The number of nitrogens with zero attached hydrogens (tertiary/aromatic N) is 1. The summed E-state index contributed by atoms with van der Waals surface area (Å²) in [6, 6.07) is 15.8. The average molecular weight is 311 g/mol. The first-order chi connectivity index (χ1) is 11.1. The van der Waals surface area contributed by atoms with Crippen molar-refractivity contribution in [3.63, 3.8) is 0 Å². The largest absolute Gasteiger partial charge is 0.481 e. The van der Waals surface area contributed by atoms with Crippen LogP contribution in [-0.2, 0) is 4.79 Å². The molecule has 3 rings (SSSR count). The highest BCUT2D eigenvalue weighted by molar-refractivity contribution is 5.70. The number of hydrogen-bond acceptors (Lipinski definition) is 3. The zero-order valence-corrected chi connectivity index (χ0v) is 13.2. The van der Waals surface area contributed by atoms with Crippen LogP contribution in [0.4, 0.5) is 5.69 Å². The first kappa shape index (κ1) is 15.4. The van der Waals surface area contributed by atoms with Crippen LogP contribution in [0.25, 0.3) is 0 Å². The van der Waals surface area contributed by atoms with Crippen LogP contribution < -0.4 is 9.64 Å². The lowest BCUT2D eigenvalue weighted by atomic mass is 10.1. The Hall–Kier alpha value is -2.49. The number of hydrogen-bond donors (Lipinski definition) is 1. The van der Waals surface area contributed by atoms with Gasteiger partial charge in [0.15, 0.2) is 5.75 Å². The zero-order valence-electron chi connectivity index (χ0n) is 13.2. The summed E-state index contributed by atoms with van der Waals surface area (Å²) in [5, 5.41) is 9.12. The van der Waals surface area contributed by atoms with Crippen molar-refractivity contribution < 1.29 is 14.6 Å². The molecule has 4 heteroatoms. The second-order valence-electron chi connectivity index (χ2n) is 5.92. The van der Waals surface area contributed by atoms with E-state index in [2.05, 4.69) is 4.90 Å². The van der Waals surface area contributed by atoms with Gasteiger partial charge in [0.25, 0.3) is 0 Å². The number of carbonyl (C=O) groups is 1. The van der Waals surface area contributed by atoms with Crippen LogP contribution in [0, 0.1) is 6.92 Å². The Labute approximate surface area is 136 Å². The van der Waals surface area contributed by atoms with E-state index in [4.69, 9.17) is 9.84 Å². The number of carboxylic acid groups (broad SMARTS) is 1. The van der Waals surface area contributed by atoms with E-state index in [-0.39, 0.29) is 12.5 Å². The highest BCUT2D eigenvalue weighted by Gasteiger charge is 2.28. The van der Waals surface area contributed by atoms with Crippen LogP contribution in [0.5, 0.6) is 11.5 Å². The van der Waals surface area contributed by atoms with Gasteiger partial charge < -0.3 is 14.7 Å². The van der Waals surface area contributed by atoms with Crippen molar-refractivity contribution in [3.8, 4) is 11.5 Å². The van der Waals surface area contributed by atoms with Gasteiger partial charge in [0.2, 0.25) is 0 Å². The minimum absolute atomic E-state index is 0.0362. The Kier molecular flexibility index (Phi) is 4.51. The number of aryl methyl sites for hydroxylation is 1. The second kappa shape index (κ2) is 6.73. The Morgan fingerprint density at radius 2 is 1.87 bits per heavy atom. The molecule has 1 heterocycles. The molecule has 1 N–H and O–H groups in total. The number of rotatable bonds is 5. The molecule has 2 aromatic carbocycles. The van der Waals surface area contributed by atoms with Gasteiger partial charge in [-0.3, -0.25) is 4.79 Å². The van der Waals surface area contributed by atoms with Crippen molar-refractivity contribution in [1.29, 1.82) is 0 Å². The van der Waals surface area contributed by atoms with E-state index in [1.807, 2.05) is 55.5 Å². The highest BCUT2D eigenvalue weighted by Crippen LogP contribution is 2.37. The SMILES string of the molecule is Cc1ccccc1Oc1ccccc1N1CCCC1CC(=O)O. The van der Waals surface area contributed by atoms with E-state index in [1.54, 1.807) is 0 Å². The maximum absolute atomic E-state index is 11.1. The minimum Gasteiger partial charge on any atom is -0.481 e. The Balaban J connectivity index is 1.89. The first-order valence-electron chi connectivity index (χ1n) is 7.96. The number of anilines is 1. The molecule has 0 spiro atoms. The number of ether oxygens (including phenoxy) is 1. The van der Waals surface area contributed by atoms with E-state index in [0.29, 0.717) is 0 Å². The summed E-state index contributed by atoms with van der Waals surface area (Å²) in [5.74, 6) is 0.854. The minimum atomic E-state index is -0.751. The smallest absolute Gasteiger partial charge is 0.305 e. The van der Waals surface area contributed by atoms with Gasteiger partial charge in [-0.2, -0.15) is 0 Å². The molecule has 0 saturated carbocycles. The number of para-hydroxylation sites is 3. The number of aliphatic carboxylic acids is 1. The predicted molar refractivity (Wildman–Crippen MR) is 90.3 cm³/mol. The molecule has 1 saturated heterocycles. The van der Waals surface area contributed by atoms with E-state index < -0.39 is 5.97 Å². The summed E-state index contributed by atoms with van der Waals surface area (Å²) in [4.78, 5) is 13.3. The van der Waals surface area contributed by atoms with Gasteiger partial charge in [0.1, 0.15) is 5.75 Å². The fraction of sp³-hybridized carbons (Fsp3) is 0.316. The number of benzene rings is 2. The summed E-state index contributed by atoms with van der Waals surface area (Å²) in [6.45, 7) is 2.88. The van der Waals surface area contributed by atoms with Gasteiger partial charge >= 0.3 is 5.97 Å². The molecule has 2 aromatic rings. The van der Waals surface area contributed by atoms with Crippen molar-refractivity contribution in [2.75, 3.05) is 11.4 Å². The standard InChI is InChI=1S/C19H21NO3/c1-14-7-2-4-10-17(14)23-18-11-5-3-9-16(18)20-12-6-8-15(20)13-19(21)22/h2-5,7,9-11,15H,6,8,12-13H2,1H3,(H,21,22). The molecule has 1 unspecified atom stereocenters. The molecule has 0 aliphatic carbocycles. The van der Waals surface area contributed by atoms with Crippen LogP contribution in [0.1, 0.15) is 24.8 Å². The molecule has 0 bridgehead atoms. The molecule has 120 valence electrons. The maximum atomic E-state index is 11.1. The van der Waals surface area contributed by atoms with Crippen molar-refractivity contribution in [2.45, 2.75) is 32.2 Å². The molecular weight excluding hydrogens is 290 g/mol. The lowest BCUT2D eigenvalue weighted by Gasteiger charge is -2.27. The normalized spacial score (nSPS) is 17.3. The topological polar surface area (TPSA) is 49.8 Å². The third kappa shape index (κ3) is 3.47. The molecule has 23 heavy (non-hydrogen) atoms. The van der Waals surface area contributed by atoms with Gasteiger partial charge in [-0.05, 0) is 43.5 Å². The average Bonchev–Trinajstić information content (AvgIpc) is 2.97. The Morgan fingerprint density at radius 3 is 2.61 bits per heavy atom. The van der Waals surface area contributed by atoms with Crippen LogP contribution in [0.2, 0.25) is 0 Å². The first-order valence-corrected chi connectivity index (χ1v) is 7.96. The van der Waals surface area contributed by atoms with Crippen LogP contribution in [0.15, 0.2) is 48.5 Å². The lowest BCUT2D eigenvalue weighted by molar-refractivity contribution is -0.137. The summed E-state index contributed by atoms with van der Waals surface area (Å²) in [5.41, 5.74) is 2.05. The van der Waals surface area contributed by atoms with Gasteiger partial charge in [0, 0.05) is 12.6 Å². The van der Waals surface area contributed by atoms with Crippen molar-refractivity contribution in [2.24, 2.45) is 0 Å². The number of carboxylic acids is 1. The molecular formula is C19H21NO3. The summed E-state index contributed by atoms with van der Waals surface area (Å²) >= 11 is 0. The van der Waals surface area contributed by atoms with Crippen molar-refractivity contribution in [1.82, 2.24) is 0 Å². The molecule has 4 nitrogen and oxygen atoms in total. The van der Waals surface area contributed by atoms with E-state index >= 15 is 0 Å². The molecule has 0 radical (unpaired) electrons. The van der Waals surface area contributed by atoms with E-state index in [9.17, 15) is 4.79 Å². The third-order valence-corrected chi connectivity index (χ3v) is 4.28. The molecule has 1 atom stereocenters. The monoisotopic (exact) mass is 311 g/mol. The van der Waals surface area contributed by atoms with E-state index in [1.165, 1.54) is 0 Å². The highest BCUT2D eigenvalue weighted by atomic mass is 16.5. The Bertz CT molecular complexity index is 699. The van der Waals surface area contributed by atoms with Crippen LogP contribution >= 0.6 is 0 Å². The van der Waals surface area contributed by atoms with Crippen molar-refractivity contribution in [3.05, 3.63) is 54.1 Å². The summed E-state index contributed by atoms with van der Waals surface area (Å²) < 4.78 is 6.12. The van der Waals surface area contributed by atoms with Gasteiger partial charge in [-0.25, -0.2) is 0 Å². The van der Waals surface area contributed by atoms with E-state index in [0.717, 1.165) is 42.1 Å². The fourth-order valence-corrected chi connectivity index (χ4v) is 3.14. The van der Waals surface area contributed by atoms with Gasteiger partial charge in [-0.1, -0.05) is 30.3 Å². The molecule has 0 amide bonds. The second-order valence-corrected chi connectivity index (χ2v) is 5.92. The third-order valence-electron chi connectivity index (χ3n) is 4.28. The quantitative estimate of drug-likeness (QED) is 0.897. The van der Waals surface area contributed by atoms with Gasteiger partial charge in [0.05, 0.1) is 12.1 Å². The summed E-state index contributed by atoms with van der Waals surface area (Å²) in [6.07, 6.45) is 2.08. The predicted octanol–water partition coefficient (Wildman–Crippen LogP) is 4.23. The molecule has 1 aliphatic heterocycles. The molecule has 1 fully saturated rings. The Morgan fingerprint density at radius 1 is 1.17 bits per heavy atom. The maximum Gasteiger partial charge on any atom is 0.305 e. The van der Waals surface area contributed by atoms with Crippen LogP contribution in [-0.4, -0.2) is 23.7 Å².